The number of esters is 1. The fourth-order valence-electron chi connectivity index (χ4n) is 1.98. The van der Waals surface area contributed by atoms with Crippen molar-refractivity contribution in [1.82, 2.24) is 4.98 Å². The lowest BCUT2D eigenvalue weighted by Gasteiger charge is -2.04. The number of benzene rings is 2. The summed E-state index contributed by atoms with van der Waals surface area (Å²) in [7, 11) is 0. The molecule has 0 saturated carbocycles. The Hall–Kier alpha value is -2.95. The van der Waals surface area contributed by atoms with Gasteiger partial charge in [-0.05, 0) is 30.3 Å². The van der Waals surface area contributed by atoms with Gasteiger partial charge in [0.2, 0.25) is 5.89 Å². The summed E-state index contributed by atoms with van der Waals surface area (Å²) in [6.45, 7) is 1.30. The molecule has 104 valence electrons. The van der Waals surface area contributed by atoms with Crippen LogP contribution in [0.1, 0.15) is 6.92 Å². The van der Waals surface area contributed by atoms with Crippen LogP contribution in [0.5, 0.6) is 5.75 Å². The molecule has 0 atom stereocenters. The van der Waals surface area contributed by atoms with Crippen molar-refractivity contribution in [3.05, 3.63) is 59.0 Å². The molecule has 0 aliphatic heterocycles. The molecule has 0 bridgehead atoms. The predicted molar refractivity (Wildman–Crippen MR) is 77.0 cm³/mol. The molecule has 5 heteroatoms. The van der Waals surface area contributed by atoms with Gasteiger partial charge in [-0.2, -0.15) is 0 Å². The van der Waals surface area contributed by atoms with Crippen LogP contribution in [0.3, 0.4) is 0 Å². The Balaban J connectivity index is 2.14. The minimum atomic E-state index is -0.521. The van der Waals surface area contributed by atoms with Gasteiger partial charge in [0.05, 0.1) is 10.9 Å². The number of hydrogen-bond donors (Lipinski definition) is 0. The first-order valence-electron chi connectivity index (χ1n) is 6.32. The highest BCUT2D eigenvalue weighted by Gasteiger charge is 2.10. The number of ether oxygens (including phenoxy) is 1. The van der Waals surface area contributed by atoms with E-state index in [2.05, 4.69) is 4.98 Å². The van der Waals surface area contributed by atoms with Gasteiger partial charge in [-0.15, -0.1) is 0 Å². The third-order valence-electron chi connectivity index (χ3n) is 2.88. The summed E-state index contributed by atoms with van der Waals surface area (Å²) < 4.78 is 10.2. The summed E-state index contributed by atoms with van der Waals surface area (Å²) in [6, 6.07) is 13.8. The number of carbonyl (C=O) groups is 1. The van der Waals surface area contributed by atoms with E-state index in [4.69, 9.17) is 9.15 Å². The molecule has 0 aliphatic rings. The molecule has 21 heavy (non-hydrogen) atoms. The van der Waals surface area contributed by atoms with Crippen LogP contribution < -0.4 is 10.4 Å². The molecule has 0 N–H and O–H groups in total. The zero-order valence-corrected chi connectivity index (χ0v) is 11.2. The monoisotopic (exact) mass is 281 g/mol. The van der Waals surface area contributed by atoms with Gasteiger partial charge >= 0.3 is 11.6 Å². The molecule has 3 aromatic rings. The highest BCUT2D eigenvalue weighted by atomic mass is 16.5. The van der Waals surface area contributed by atoms with Crippen molar-refractivity contribution < 1.29 is 13.9 Å². The van der Waals surface area contributed by atoms with Crippen molar-refractivity contribution in [3.63, 3.8) is 0 Å². The van der Waals surface area contributed by atoms with Crippen molar-refractivity contribution >= 4 is 16.9 Å². The zero-order valence-electron chi connectivity index (χ0n) is 11.2. The smallest absolute Gasteiger partial charge is 0.347 e. The molecule has 0 fully saturated rings. The van der Waals surface area contributed by atoms with Crippen LogP contribution in [0.25, 0.3) is 22.4 Å². The van der Waals surface area contributed by atoms with Crippen LogP contribution in [-0.2, 0) is 4.79 Å². The maximum absolute atomic E-state index is 12.1. The van der Waals surface area contributed by atoms with Crippen LogP contribution in [-0.4, -0.2) is 11.0 Å². The standard InChI is InChI=1S/C16H11NO4/c1-10(18)20-12-7-8-14-13(9-12)16(19)21-15(17-14)11-5-3-2-4-6-11/h2-9H,1H3. The van der Waals surface area contributed by atoms with E-state index >= 15 is 0 Å². The lowest BCUT2D eigenvalue weighted by Crippen LogP contribution is -2.05. The largest absolute Gasteiger partial charge is 0.427 e. The van der Waals surface area contributed by atoms with Gasteiger partial charge in [0.25, 0.3) is 0 Å². The van der Waals surface area contributed by atoms with E-state index in [1.54, 1.807) is 12.1 Å². The predicted octanol–water partition coefficient (Wildman–Crippen LogP) is 2.78. The van der Waals surface area contributed by atoms with Gasteiger partial charge in [0.15, 0.2) is 0 Å². The molecule has 0 radical (unpaired) electrons. The van der Waals surface area contributed by atoms with Gasteiger partial charge in [0, 0.05) is 12.5 Å². The first-order chi connectivity index (χ1) is 10.1. The number of hydrogen-bond acceptors (Lipinski definition) is 5. The number of nitrogens with zero attached hydrogens (tertiary/aromatic N) is 1. The van der Waals surface area contributed by atoms with Gasteiger partial charge in [0.1, 0.15) is 5.75 Å². The second-order valence-corrected chi connectivity index (χ2v) is 4.45. The second-order valence-electron chi connectivity index (χ2n) is 4.45. The van der Waals surface area contributed by atoms with Crippen molar-refractivity contribution in [1.29, 1.82) is 0 Å². The average molecular weight is 281 g/mol. The number of carbonyl (C=O) groups excluding carboxylic acids is 1. The zero-order chi connectivity index (χ0) is 14.8. The highest BCUT2D eigenvalue weighted by Crippen LogP contribution is 2.21. The third kappa shape index (κ3) is 2.67. The quantitative estimate of drug-likeness (QED) is 0.533. The molecule has 0 spiro atoms. The van der Waals surface area contributed by atoms with E-state index in [-0.39, 0.29) is 17.0 Å². The molecule has 3 rings (SSSR count). The minimum absolute atomic E-state index is 0.258. The first kappa shape index (κ1) is 13.1. The second kappa shape index (κ2) is 5.20. The van der Waals surface area contributed by atoms with Gasteiger partial charge in [-0.3, -0.25) is 4.79 Å². The maximum atomic E-state index is 12.1. The maximum Gasteiger partial charge on any atom is 0.347 e. The molecule has 0 saturated heterocycles. The van der Waals surface area contributed by atoms with Gasteiger partial charge < -0.3 is 9.15 Å². The molecule has 1 heterocycles. The molecule has 0 unspecified atom stereocenters. The Morgan fingerprint density at radius 3 is 2.62 bits per heavy atom. The van der Waals surface area contributed by atoms with Crippen molar-refractivity contribution in [3.8, 4) is 17.2 Å². The minimum Gasteiger partial charge on any atom is -0.427 e. The summed E-state index contributed by atoms with van der Waals surface area (Å²) in [6.07, 6.45) is 0. The molecule has 5 nitrogen and oxygen atoms in total. The summed E-state index contributed by atoms with van der Waals surface area (Å²) in [4.78, 5) is 27.3. The van der Waals surface area contributed by atoms with E-state index < -0.39 is 11.6 Å². The highest BCUT2D eigenvalue weighted by molar-refractivity contribution is 5.81. The summed E-state index contributed by atoms with van der Waals surface area (Å²) in [5.41, 5.74) is 0.689. The van der Waals surface area contributed by atoms with E-state index in [1.807, 2.05) is 30.3 Å². The normalized spacial score (nSPS) is 10.5. The van der Waals surface area contributed by atoms with Crippen LogP contribution in [0.15, 0.2) is 57.7 Å². The molecular weight excluding hydrogens is 270 g/mol. The third-order valence-corrected chi connectivity index (χ3v) is 2.88. The average Bonchev–Trinajstić information content (AvgIpc) is 2.48. The molecule has 0 amide bonds. The van der Waals surface area contributed by atoms with Crippen molar-refractivity contribution in [2.45, 2.75) is 6.92 Å². The van der Waals surface area contributed by atoms with Crippen molar-refractivity contribution in [2.75, 3.05) is 0 Å². The molecule has 0 aliphatic carbocycles. The van der Waals surface area contributed by atoms with Gasteiger partial charge in [-0.1, -0.05) is 18.2 Å². The van der Waals surface area contributed by atoms with Crippen LogP contribution in [0.2, 0.25) is 0 Å². The Labute approximate surface area is 119 Å². The van der Waals surface area contributed by atoms with Crippen LogP contribution in [0, 0.1) is 0 Å². The summed E-state index contributed by atoms with van der Waals surface area (Å²) >= 11 is 0. The number of rotatable bonds is 2. The van der Waals surface area contributed by atoms with E-state index in [0.717, 1.165) is 5.56 Å². The molecular formula is C16H11NO4. The van der Waals surface area contributed by atoms with Gasteiger partial charge in [-0.25, -0.2) is 9.78 Å². The lowest BCUT2D eigenvalue weighted by atomic mass is 10.2. The SMILES string of the molecule is CC(=O)Oc1ccc2nc(-c3ccccc3)oc(=O)c2c1. The first-order valence-corrected chi connectivity index (χ1v) is 6.32. The van der Waals surface area contributed by atoms with Crippen LogP contribution in [0.4, 0.5) is 0 Å². The van der Waals surface area contributed by atoms with E-state index in [0.29, 0.717) is 5.52 Å². The molecule has 1 aromatic heterocycles. The fourth-order valence-corrected chi connectivity index (χ4v) is 1.98. The Morgan fingerprint density at radius 2 is 1.90 bits per heavy atom. The van der Waals surface area contributed by atoms with E-state index in [1.165, 1.54) is 13.0 Å². The summed E-state index contributed by atoms with van der Waals surface area (Å²) in [5.74, 6) is 0.0949. The van der Waals surface area contributed by atoms with E-state index in [9.17, 15) is 9.59 Å². The number of aromatic nitrogens is 1. The summed E-state index contributed by atoms with van der Waals surface area (Å²) in [5, 5.41) is 0.272. The topological polar surface area (TPSA) is 69.4 Å². The Bertz CT molecular complexity index is 868. The van der Waals surface area contributed by atoms with Crippen molar-refractivity contribution in [2.24, 2.45) is 0 Å². The Morgan fingerprint density at radius 1 is 1.14 bits per heavy atom. The molecule has 2 aromatic carbocycles. The van der Waals surface area contributed by atoms with Crippen LogP contribution >= 0.6 is 0 Å². The lowest BCUT2D eigenvalue weighted by molar-refractivity contribution is -0.131. The Kier molecular flexibility index (Phi) is 3.23. The number of fused-ring (bicyclic) bond motifs is 1. The fraction of sp³-hybridized carbons (Fsp3) is 0.0625.